The van der Waals surface area contributed by atoms with Crippen LogP contribution < -0.4 is 5.73 Å². The van der Waals surface area contributed by atoms with Gasteiger partial charge in [-0.1, -0.05) is 6.42 Å². The van der Waals surface area contributed by atoms with Crippen molar-refractivity contribution in [3.63, 3.8) is 0 Å². The normalized spacial score (nSPS) is 43.4. The second kappa shape index (κ2) is 4.82. The van der Waals surface area contributed by atoms with E-state index < -0.39 is 0 Å². The minimum atomic E-state index is 0.0243. The third kappa shape index (κ3) is 2.16. The van der Waals surface area contributed by atoms with E-state index in [1.165, 1.54) is 19.3 Å². The molecule has 18 heavy (non-hydrogen) atoms. The Bertz CT molecular complexity index is 334. The number of fused-ring (bicyclic) bond motifs is 2. The van der Waals surface area contributed by atoms with E-state index in [1.54, 1.807) is 0 Å². The van der Waals surface area contributed by atoms with Gasteiger partial charge in [0.25, 0.3) is 0 Å². The summed E-state index contributed by atoms with van der Waals surface area (Å²) in [5.41, 5.74) is 5.68. The summed E-state index contributed by atoms with van der Waals surface area (Å²) in [5.74, 6) is 2.16. The first-order valence-electron chi connectivity index (χ1n) is 7.31. The first-order chi connectivity index (χ1) is 8.67. The predicted molar refractivity (Wildman–Crippen MR) is 68.9 cm³/mol. The molecule has 0 aromatic heterocycles. The smallest absolute Gasteiger partial charge is 0.226 e. The summed E-state index contributed by atoms with van der Waals surface area (Å²) < 4.78 is 5.72. The van der Waals surface area contributed by atoms with Crippen molar-refractivity contribution >= 4 is 5.91 Å². The van der Waals surface area contributed by atoms with Crippen LogP contribution in [0.5, 0.6) is 0 Å². The molecule has 0 aromatic carbocycles. The van der Waals surface area contributed by atoms with Crippen LogP contribution in [-0.4, -0.2) is 42.6 Å². The number of amides is 1. The van der Waals surface area contributed by atoms with Crippen molar-refractivity contribution in [1.29, 1.82) is 0 Å². The predicted octanol–water partition coefficient (Wildman–Crippen LogP) is 0.997. The molecule has 0 radical (unpaired) electrons. The number of ether oxygens (including phenoxy) is 1. The molecule has 5 atom stereocenters. The van der Waals surface area contributed by atoms with Crippen LogP contribution in [0.2, 0.25) is 0 Å². The average Bonchev–Trinajstić information content (AvgIpc) is 2.99. The van der Waals surface area contributed by atoms with Crippen LogP contribution >= 0.6 is 0 Å². The Kier molecular flexibility index (Phi) is 3.32. The molecule has 5 unspecified atom stereocenters. The van der Waals surface area contributed by atoms with E-state index in [2.05, 4.69) is 0 Å². The number of rotatable bonds is 2. The van der Waals surface area contributed by atoms with Gasteiger partial charge in [0.2, 0.25) is 5.91 Å². The maximum absolute atomic E-state index is 12.6. The van der Waals surface area contributed by atoms with E-state index in [-0.39, 0.29) is 12.2 Å². The maximum atomic E-state index is 12.6. The molecule has 102 valence electrons. The van der Waals surface area contributed by atoms with E-state index in [4.69, 9.17) is 10.5 Å². The van der Waals surface area contributed by atoms with E-state index in [9.17, 15) is 4.79 Å². The van der Waals surface area contributed by atoms with Crippen molar-refractivity contribution in [3.8, 4) is 0 Å². The van der Waals surface area contributed by atoms with Gasteiger partial charge in [-0.2, -0.15) is 0 Å². The molecule has 4 nitrogen and oxygen atoms in total. The third-order valence-electron chi connectivity index (χ3n) is 4.96. The zero-order valence-electron chi connectivity index (χ0n) is 11.2. The van der Waals surface area contributed by atoms with Crippen molar-refractivity contribution in [2.24, 2.45) is 23.5 Å². The average molecular weight is 252 g/mol. The summed E-state index contributed by atoms with van der Waals surface area (Å²) in [7, 11) is 0. The lowest BCUT2D eigenvalue weighted by Gasteiger charge is -2.38. The van der Waals surface area contributed by atoms with Gasteiger partial charge in [-0.05, 0) is 38.0 Å². The molecule has 3 aliphatic rings. The lowest BCUT2D eigenvalue weighted by Crippen LogP contribution is -2.53. The lowest BCUT2D eigenvalue weighted by molar-refractivity contribution is -0.149. The van der Waals surface area contributed by atoms with Crippen LogP contribution in [0.4, 0.5) is 0 Å². The topological polar surface area (TPSA) is 55.6 Å². The molecule has 2 saturated carbocycles. The van der Waals surface area contributed by atoms with Crippen LogP contribution in [0.1, 0.15) is 32.6 Å². The molecule has 1 amide bonds. The Balaban J connectivity index is 1.65. The molecule has 0 spiro atoms. The van der Waals surface area contributed by atoms with E-state index in [1.807, 2.05) is 11.8 Å². The van der Waals surface area contributed by atoms with Crippen LogP contribution in [0.25, 0.3) is 0 Å². The fourth-order valence-corrected chi connectivity index (χ4v) is 4.14. The number of hydrogen-bond acceptors (Lipinski definition) is 3. The highest BCUT2D eigenvalue weighted by Crippen LogP contribution is 2.49. The Labute approximate surface area is 109 Å². The summed E-state index contributed by atoms with van der Waals surface area (Å²) in [6, 6.07) is 0. The van der Waals surface area contributed by atoms with Crippen LogP contribution in [0, 0.1) is 17.8 Å². The van der Waals surface area contributed by atoms with E-state index in [0.29, 0.717) is 30.8 Å². The van der Waals surface area contributed by atoms with Gasteiger partial charge < -0.3 is 15.4 Å². The van der Waals surface area contributed by atoms with Crippen LogP contribution in [-0.2, 0) is 9.53 Å². The van der Waals surface area contributed by atoms with Crippen LogP contribution in [0.3, 0.4) is 0 Å². The fraction of sp³-hybridized carbons (Fsp3) is 0.929. The Hall–Kier alpha value is -0.610. The highest BCUT2D eigenvalue weighted by atomic mass is 16.5. The Morgan fingerprint density at radius 1 is 1.33 bits per heavy atom. The van der Waals surface area contributed by atoms with Gasteiger partial charge in [0, 0.05) is 25.6 Å². The van der Waals surface area contributed by atoms with Crippen molar-refractivity contribution in [1.82, 2.24) is 4.90 Å². The number of carbonyl (C=O) groups excluding carboxylic acids is 1. The Morgan fingerprint density at radius 3 is 2.78 bits per heavy atom. The monoisotopic (exact) mass is 252 g/mol. The minimum Gasteiger partial charge on any atom is -0.370 e. The molecule has 3 fully saturated rings. The SMILES string of the molecule is CC1CN(C(=O)C2CC3CCC2C3)CC(CN)O1. The second-order valence-corrected chi connectivity index (χ2v) is 6.33. The second-order valence-electron chi connectivity index (χ2n) is 6.33. The molecule has 0 aromatic rings. The zero-order chi connectivity index (χ0) is 12.7. The first-order valence-corrected chi connectivity index (χ1v) is 7.31. The molecule has 2 N–H and O–H groups in total. The third-order valence-corrected chi connectivity index (χ3v) is 4.96. The largest absolute Gasteiger partial charge is 0.370 e. The van der Waals surface area contributed by atoms with Gasteiger partial charge in [0.05, 0.1) is 12.2 Å². The van der Waals surface area contributed by atoms with Gasteiger partial charge >= 0.3 is 0 Å². The molecular weight excluding hydrogens is 228 g/mol. The number of morpholine rings is 1. The summed E-state index contributed by atoms with van der Waals surface area (Å²) in [4.78, 5) is 14.6. The zero-order valence-corrected chi connectivity index (χ0v) is 11.2. The maximum Gasteiger partial charge on any atom is 0.226 e. The van der Waals surface area contributed by atoms with Gasteiger partial charge in [0.15, 0.2) is 0 Å². The number of carbonyl (C=O) groups is 1. The molecule has 2 aliphatic carbocycles. The first kappa shape index (κ1) is 12.4. The lowest BCUT2D eigenvalue weighted by atomic mass is 9.87. The standard InChI is InChI=1S/C14H24N2O2/c1-9-7-16(8-12(6-15)18-9)14(17)13-5-10-2-3-11(13)4-10/h9-13H,2-8,15H2,1H3. The molecule has 3 rings (SSSR count). The Morgan fingerprint density at radius 2 is 2.17 bits per heavy atom. The van der Waals surface area contributed by atoms with E-state index >= 15 is 0 Å². The summed E-state index contributed by atoms with van der Waals surface area (Å²) >= 11 is 0. The fourth-order valence-electron chi connectivity index (χ4n) is 4.14. The van der Waals surface area contributed by atoms with Crippen LogP contribution in [0.15, 0.2) is 0 Å². The quantitative estimate of drug-likeness (QED) is 0.797. The highest BCUT2D eigenvalue weighted by Gasteiger charge is 2.45. The number of nitrogens with zero attached hydrogens (tertiary/aromatic N) is 1. The molecule has 1 heterocycles. The van der Waals surface area contributed by atoms with Crippen molar-refractivity contribution in [2.45, 2.75) is 44.8 Å². The number of nitrogens with two attached hydrogens (primary N) is 1. The van der Waals surface area contributed by atoms with E-state index in [0.717, 1.165) is 18.9 Å². The number of hydrogen-bond donors (Lipinski definition) is 1. The molecule has 1 saturated heterocycles. The molecule has 2 bridgehead atoms. The molecule has 1 aliphatic heterocycles. The summed E-state index contributed by atoms with van der Waals surface area (Å²) in [6.45, 7) is 3.96. The molecular formula is C14H24N2O2. The summed E-state index contributed by atoms with van der Waals surface area (Å²) in [6.07, 6.45) is 5.17. The minimum absolute atomic E-state index is 0.0243. The highest BCUT2D eigenvalue weighted by molar-refractivity contribution is 5.80. The van der Waals surface area contributed by atoms with Crippen molar-refractivity contribution in [2.75, 3.05) is 19.6 Å². The van der Waals surface area contributed by atoms with Gasteiger partial charge in [-0.3, -0.25) is 4.79 Å². The van der Waals surface area contributed by atoms with Crippen molar-refractivity contribution < 1.29 is 9.53 Å². The van der Waals surface area contributed by atoms with Gasteiger partial charge in [-0.15, -0.1) is 0 Å². The van der Waals surface area contributed by atoms with Crippen molar-refractivity contribution in [3.05, 3.63) is 0 Å². The molecule has 4 heteroatoms. The van der Waals surface area contributed by atoms with Gasteiger partial charge in [-0.25, -0.2) is 0 Å². The summed E-state index contributed by atoms with van der Waals surface area (Å²) in [5, 5.41) is 0. The van der Waals surface area contributed by atoms with Gasteiger partial charge in [0.1, 0.15) is 0 Å².